The van der Waals surface area contributed by atoms with E-state index in [-0.39, 0.29) is 12.2 Å². The number of rotatable bonds is 8. The number of hydrogen-bond donors (Lipinski definition) is 0. The van der Waals surface area contributed by atoms with Gasteiger partial charge in [0.1, 0.15) is 18.2 Å². The highest BCUT2D eigenvalue weighted by molar-refractivity contribution is 9.10. The summed E-state index contributed by atoms with van der Waals surface area (Å²) in [7, 11) is 0. The number of fused-ring (bicyclic) bond motifs is 1. The van der Waals surface area contributed by atoms with Crippen LogP contribution in [0, 0.1) is 0 Å². The van der Waals surface area contributed by atoms with Gasteiger partial charge in [-0.3, -0.25) is 4.79 Å². The minimum absolute atomic E-state index is 0.237. The Hall–Kier alpha value is -2.38. The van der Waals surface area contributed by atoms with Crippen molar-refractivity contribution in [2.75, 3.05) is 0 Å². The molecule has 4 aromatic rings. The van der Waals surface area contributed by atoms with Gasteiger partial charge in [0, 0.05) is 21.5 Å². The number of ether oxygens (including phenoxy) is 1. The Morgan fingerprint density at radius 3 is 2.66 bits per heavy atom. The van der Waals surface area contributed by atoms with E-state index in [0.29, 0.717) is 49.5 Å². The lowest BCUT2D eigenvalue weighted by molar-refractivity contribution is 0.306. The van der Waals surface area contributed by atoms with Crippen molar-refractivity contribution in [1.82, 2.24) is 9.66 Å². The van der Waals surface area contributed by atoms with E-state index >= 15 is 0 Å². The molecule has 0 saturated heterocycles. The highest BCUT2D eigenvalue weighted by Crippen LogP contribution is 2.26. The number of halogens is 4. The van der Waals surface area contributed by atoms with Gasteiger partial charge in [-0.05, 0) is 60.5 Å². The summed E-state index contributed by atoms with van der Waals surface area (Å²) in [4.78, 5) is 18.0. The Balaban J connectivity index is 1.70. The summed E-state index contributed by atoms with van der Waals surface area (Å²) in [6, 6.07) is 16.0. The van der Waals surface area contributed by atoms with Crippen LogP contribution in [0.1, 0.15) is 36.7 Å². The normalized spacial score (nSPS) is 11.5. The molecule has 1 aromatic heterocycles. The SMILES string of the molecule is CCCCc1nc2ccc(Br)cc2c(=O)n1N=Cc1cc(Cl)ccc1OCc1ccc(Cl)c(Cl)c1. The fraction of sp³-hybridized carbons (Fsp3) is 0.192. The zero-order chi connectivity index (χ0) is 24.9. The van der Waals surface area contributed by atoms with E-state index in [1.807, 2.05) is 18.2 Å². The molecule has 0 unspecified atom stereocenters. The van der Waals surface area contributed by atoms with Crippen LogP contribution < -0.4 is 10.3 Å². The standard InChI is InChI=1S/C26H21BrCl3N3O2/c1-2-3-4-25-32-23-9-6-18(27)13-20(23)26(34)33(25)31-14-17-12-19(28)7-10-24(17)35-15-16-5-8-21(29)22(30)11-16/h5-14H,2-4,15H2,1H3. The molecule has 0 saturated carbocycles. The van der Waals surface area contributed by atoms with Crippen LogP contribution in [0.15, 0.2) is 69.0 Å². The van der Waals surface area contributed by atoms with Gasteiger partial charge in [0.2, 0.25) is 0 Å². The average molecular weight is 594 g/mol. The van der Waals surface area contributed by atoms with Gasteiger partial charge in [-0.15, -0.1) is 0 Å². The van der Waals surface area contributed by atoms with Gasteiger partial charge in [-0.25, -0.2) is 4.98 Å². The molecule has 0 atom stereocenters. The first-order valence-corrected chi connectivity index (χ1v) is 12.9. The second-order valence-electron chi connectivity index (χ2n) is 7.87. The lowest BCUT2D eigenvalue weighted by atomic mass is 10.2. The van der Waals surface area contributed by atoms with E-state index in [1.54, 1.807) is 42.6 Å². The molecule has 0 radical (unpaired) electrons. The fourth-order valence-electron chi connectivity index (χ4n) is 3.47. The van der Waals surface area contributed by atoms with Crippen molar-refractivity contribution < 1.29 is 4.74 Å². The topological polar surface area (TPSA) is 56.5 Å². The lowest BCUT2D eigenvalue weighted by Gasteiger charge is -2.11. The second-order valence-corrected chi connectivity index (χ2v) is 10.0. The van der Waals surface area contributed by atoms with Gasteiger partial charge in [-0.1, -0.05) is 70.1 Å². The smallest absolute Gasteiger partial charge is 0.282 e. The quantitative estimate of drug-likeness (QED) is 0.195. The summed E-state index contributed by atoms with van der Waals surface area (Å²) in [6.45, 7) is 2.36. The Morgan fingerprint density at radius 2 is 1.89 bits per heavy atom. The first-order chi connectivity index (χ1) is 16.9. The predicted octanol–water partition coefficient (Wildman–Crippen LogP) is 7.92. The number of aryl methyl sites for hydroxylation is 1. The third kappa shape index (κ3) is 6.25. The minimum atomic E-state index is -0.237. The molecule has 4 rings (SSSR count). The van der Waals surface area contributed by atoms with E-state index < -0.39 is 0 Å². The lowest BCUT2D eigenvalue weighted by Crippen LogP contribution is -2.22. The molecule has 0 aliphatic rings. The molecule has 9 heteroatoms. The first-order valence-electron chi connectivity index (χ1n) is 11.0. The molecule has 180 valence electrons. The average Bonchev–Trinajstić information content (AvgIpc) is 2.84. The van der Waals surface area contributed by atoms with Gasteiger partial charge in [0.05, 0.1) is 27.2 Å². The molecule has 0 spiro atoms. The molecular weight excluding hydrogens is 573 g/mol. The summed E-state index contributed by atoms with van der Waals surface area (Å²) in [5.74, 6) is 1.16. The number of unbranched alkanes of at least 4 members (excludes halogenated alkanes) is 1. The van der Waals surface area contributed by atoms with Gasteiger partial charge in [-0.2, -0.15) is 9.78 Å². The number of hydrogen-bond acceptors (Lipinski definition) is 4. The van der Waals surface area contributed by atoms with E-state index in [0.717, 1.165) is 22.9 Å². The minimum Gasteiger partial charge on any atom is -0.488 e. The summed E-state index contributed by atoms with van der Waals surface area (Å²) in [6.07, 6.45) is 4.06. The summed E-state index contributed by atoms with van der Waals surface area (Å²) in [5.41, 5.74) is 1.89. The molecule has 1 heterocycles. The second kappa shape index (κ2) is 11.6. The Labute approximate surface area is 226 Å². The number of nitrogens with zero attached hydrogens (tertiary/aromatic N) is 3. The molecule has 0 aliphatic carbocycles. The highest BCUT2D eigenvalue weighted by Gasteiger charge is 2.12. The maximum absolute atomic E-state index is 13.3. The van der Waals surface area contributed by atoms with Gasteiger partial charge < -0.3 is 4.74 Å². The molecule has 5 nitrogen and oxygen atoms in total. The van der Waals surface area contributed by atoms with Crippen LogP contribution in [-0.2, 0) is 13.0 Å². The monoisotopic (exact) mass is 591 g/mol. The van der Waals surface area contributed by atoms with Crippen LogP contribution in [-0.4, -0.2) is 15.9 Å². The Bertz CT molecular complexity index is 1470. The first kappa shape index (κ1) is 25.7. The number of aromatic nitrogens is 2. The third-order valence-electron chi connectivity index (χ3n) is 5.29. The maximum atomic E-state index is 13.3. The largest absolute Gasteiger partial charge is 0.488 e. The van der Waals surface area contributed by atoms with Crippen molar-refractivity contribution in [3.8, 4) is 5.75 Å². The van der Waals surface area contributed by atoms with Crippen LogP contribution in [0.2, 0.25) is 15.1 Å². The van der Waals surface area contributed by atoms with Crippen molar-refractivity contribution in [2.45, 2.75) is 32.8 Å². The highest BCUT2D eigenvalue weighted by atomic mass is 79.9. The maximum Gasteiger partial charge on any atom is 0.282 e. The van der Waals surface area contributed by atoms with Crippen molar-refractivity contribution in [3.05, 3.63) is 101 Å². The number of benzene rings is 3. The van der Waals surface area contributed by atoms with E-state index in [2.05, 4.69) is 28.0 Å². The van der Waals surface area contributed by atoms with Crippen molar-refractivity contribution >= 4 is 67.9 Å². The Morgan fingerprint density at radius 1 is 1.06 bits per heavy atom. The third-order valence-corrected chi connectivity index (χ3v) is 6.76. The van der Waals surface area contributed by atoms with Crippen LogP contribution in [0.3, 0.4) is 0 Å². The summed E-state index contributed by atoms with van der Waals surface area (Å²) in [5, 5.41) is 6.46. The zero-order valence-electron chi connectivity index (χ0n) is 18.8. The molecule has 35 heavy (non-hydrogen) atoms. The zero-order valence-corrected chi connectivity index (χ0v) is 22.6. The Kier molecular flexibility index (Phi) is 8.50. The van der Waals surface area contributed by atoms with Gasteiger partial charge in [0.25, 0.3) is 5.56 Å². The molecule has 0 N–H and O–H groups in total. The molecule has 0 fully saturated rings. The summed E-state index contributed by atoms with van der Waals surface area (Å²) >= 11 is 21.8. The van der Waals surface area contributed by atoms with Crippen molar-refractivity contribution in [3.63, 3.8) is 0 Å². The molecular formula is C26H21BrCl3N3O2. The van der Waals surface area contributed by atoms with Gasteiger partial charge in [0.15, 0.2) is 0 Å². The molecule has 3 aromatic carbocycles. The molecule has 0 bridgehead atoms. The van der Waals surface area contributed by atoms with E-state index in [1.165, 1.54) is 4.68 Å². The van der Waals surface area contributed by atoms with Crippen LogP contribution in [0.5, 0.6) is 5.75 Å². The molecule has 0 amide bonds. The van der Waals surface area contributed by atoms with E-state index in [9.17, 15) is 4.79 Å². The summed E-state index contributed by atoms with van der Waals surface area (Å²) < 4.78 is 8.17. The van der Waals surface area contributed by atoms with E-state index in [4.69, 9.17) is 44.5 Å². The van der Waals surface area contributed by atoms with Crippen molar-refractivity contribution in [2.24, 2.45) is 5.10 Å². The fourth-order valence-corrected chi connectivity index (χ4v) is 4.33. The van der Waals surface area contributed by atoms with Crippen LogP contribution in [0.4, 0.5) is 0 Å². The molecule has 0 aliphatic heterocycles. The van der Waals surface area contributed by atoms with Gasteiger partial charge >= 0.3 is 0 Å². The van der Waals surface area contributed by atoms with Crippen molar-refractivity contribution in [1.29, 1.82) is 0 Å². The predicted molar refractivity (Wildman–Crippen MR) is 148 cm³/mol. The van der Waals surface area contributed by atoms with Crippen LogP contribution in [0.25, 0.3) is 10.9 Å². The van der Waals surface area contributed by atoms with Crippen LogP contribution >= 0.6 is 50.7 Å².